The standard InChI is InChI=1S/C16H20N4O/c1-21-15-5-3-2-4-13(15)14-6-9-18-16(19-14)20-10-7-12(17)8-11-20/h2-6,9,12H,7-8,10-11,17H2,1H3. The van der Waals surface area contributed by atoms with Crippen molar-refractivity contribution in [1.29, 1.82) is 0 Å². The second kappa shape index (κ2) is 6.10. The van der Waals surface area contributed by atoms with Crippen LogP contribution in [0.25, 0.3) is 11.3 Å². The molecule has 1 aliphatic heterocycles. The molecule has 5 nitrogen and oxygen atoms in total. The number of aromatic nitrogens is 2. The summed E-state index contributed by atoms with van der Waals surface area (Å²) in [4.78, 5) is 11.3. The van der Waals surface area contributed by atoms with Gasteiger partial charge in [0.15, 0.2) is 0 Å². The van der Waals surface area contributed by atoms with E-state index in [1.54, 1.807) is 13.3 Å². The van der Waals surface area contributed by atoms with Crippen LogP contribution in [0.2, 0.25) is 0 Å². The first-order valence-corrected chi connectivity index (χ1v) is 7.25. The maximum atomic E-state index is 5.95. The van der Waals surface area contributed by atoms with Gasteiger partial charge in [0, 0.05) is 30.9 Å². The van der Waals surface area contributed by atoms with E-state index in [9.17, 15) is 0 Å². The Hall–Kier alpha value is -2.14. The summed E-state index contributed by atoms with van der Waals surface area (Å²) in [6, 6.07) is 10.1. The first-order chi connectivity index (χ1) is 10.3. The van der Waals surface area contributed by atoms with Crippen LogP contribution in [0, 0.1) is 0 Å². The van der Waals surface area contributed by atoms with E-state index < -0.39 is 0 Å². The van der Waals surface area contributed by atoms with Crippen LogP contribution >= 0.6 is 0 Å². The van der Waals surface area contributed by atoms with Gasteiger partial charge in [-0.15, -0.1) is 0 Å². The molecule has 1 aromatic heterocycles. The summed E-state index contributed by atoms with van der Waals surface area (Å²) >= 11 is 0. The molecule has 2 N–H and O–H groups in total. The summed E-state index contributed by atoms with van der Waals surface area (Å²) in [7, 11) is 1.67. The number of rotatable bonds is 3. The third kappa shape index (κ3) is 2.97. The van der Waals surface area contributed by atoms with Crippen LogP contribution in [-0.4, -0.2) is 36.2 Å². The summed E-state index contributed by atoms with van der Waals surface area (Å²) in [6.07, 6.45) is 3.78. The predicted molar refractivity (Wildman–Crippen MR) is 83.4 cm³/mol. The normalized spacial score (nSPS) is 16.0. The molecule has 0 saturated carbocycles. The number of methoxy groups -OCH3 is 1. The molecule has 0 amide bonds. The van der Waals surface area contributed by atoms with Crippen molar-refractivity contribution in [3.05, 3.63) is 36.5 Å². The van der Waals surface area contributed by atoms with Gasteiger partial charge in [-0.2, -0.15) is 0 Å². The van der Waals surface area contributed by atoms with Gasteiger partial charge in [-0.05, 0) is 31.0 Å². The molecule has 0 aliphatic carbocycles. The summed E-state index contributed by atoms with van der Waals surface area (Å²) < 4.78 is 5.41. The van der Waals surface area contributed by atoms with Crippen LogP contribution in [-0.2, 0) is 0 Å². The molecule has 2 heterocycles. The highest BCUT2D eigenvalue weighted by atomic mass is 16.5. The highest BCUT2D eigenvalue weighted by Crippen LogP contribution is 2.29. The molecule has 0 bridgehead atoms. The fourth-order valence-corrected chi connectivity index (χ4v) is 2.61. The smallest absolute Gasteiger partial charge is 0.225 e. The number of nitrogens with zero attached hydrogens (tertiary/aromatic N) is 3. The third-order valence-corrected chi connectivity index (χ3v) is 3.85. The monoisotopic (exact) mass is 284 g/mol. The molecule has 1 aromatic carbocycles. The molecule has 110 valence electrons. The van der Waals surface area contributed by atoms with Crippen molar-refractivity contribution in [3.63, 3.8) is 0 Å². The first kappa shape index (κ1) is 13.8. The Kier molecular flexibility index (Phi) is 4.01. The summed E-state index contributed by atoms with van der Waals surface area (Å²) in [5.74, 6) is 1.59. The van der Waals surface area contributed by atoms with E-state index in [0.29, 0.717) is 6.04 Å². The van der Waals surface area contributed by atoms with E-state index in [1.165, 1.54) is 0 Å². The molecule has 3 rings (SSSR count). The van der Waals surface area contributed by atoms with Gasteiger partial charge in [-0.3, -0.25) is 0 Å². The van der Waals surface area contributed by atoms with Crippen molar-refractivity contribution in [3.8, 4) is 17.0 Å². The average molecular weight is 284 g/mol. The Balaban J connectivity index is 1.89. The second-order valence-corrected chi connectivity index (χ2v) is 5.27. The van der Waals surface area contributed by atoms with Gasteiger partial charge in [0.2, 0.25) is 5.95 Å². The number of anilines is 1. The van der Waals surface area contributed by atoms with Crippen molar-refractivity contribution >= 4 is 5.95 Å². The fourth-order valence-electron chi connectivity index (χ4n) is 2.61. The Morgan fingerprint density at radius 3 is 2.71 bits per heavy atom. The number of piperidine rings is 1. The first-order valence-electron chi connectivity index (χ1n) is 7.25. The Labute approximate surface area is 124 Å². The van der Waals surface area contributed by atoms with Crippen molar-refractivity contribution in [2.24, 2.45) is 5.73 Å². The van der Waals surface area contributed by atoms with Crippen LogP contribution in [0.15, 0.2) is 36.5 Å². The molecule has 0 radical (unpaired) electrons. The van der Waals surface area contributed by atoms with Gasteiger partial charge in [0.1, 0.15) is 5.75 Å². The average Bonchev–Trinajstić information content (AvgIpc) is 2.55. The number of ether oxygens (including phenoxy) is 1. The van der Waals surface area contributed by atoms with Gasteiger partial charge in [-0.25, -0.2) is 9.97 Å². The third-order valence-electron chi connectivity index (χ3n) is 3.85. The fraction of sp³-hybridized carbons (Fsp3) is 0.375. The molecular weight excluding hydrogens is 264 g/mol. The topological polar surface area (TPSA) is 64.3 Å². The molecular formula is C16H20N4O. The van der Waals surface area contributed by atoms with E-state index in [2.05, 4.69) is 9.88 Å². The number of para-hydroxylation sites is 1. The highest BCUT2D eigenvalue weighted by molar-refractivity contribution is 5.67. The van der Waals surface area contributed by atoms with Crippen LogP contribution in [0.3, 0.4) is 0 Å². The lowest BCUT2D eigenvalue weighted by Gasteiger charge is -2.30. The van der Waals surface area contributed by atoms with Crippen LogP contribution in [0.4, 0.5) is 5.95 Å². The highest BCUT2D eigenvalue weighted by Gasteiger charge is 2.19. The zero-order valence-electron chi connectivity index (χ0n) is 12.2. The van der Waals surface area contributed by atoms with E-state index >= 15 is 0 Å². The number of hydrogen-bond acceptors (Lipinski definition) is 5. The predicted octanol–water partition coefficient (Wildman–Crippen LogP) is 2.08. The zero-order chi connectivity index (χ0) is 14.7. The van der Waals surface area contributed by atoms with Crippen LogP contribution < -0.4 is 15.4 Å². The lowest BCUT2D eigenvalue weighted by atomic mass is 10.1. The van der Waals surface area contributed by atoms with Crippen LogP contribution in [0.1, 0.15) is 12.8 Å². The second-order valence-electron chi connectivity index (χ2n) is 5.27. The summed E-state index contributed by atoms with van der Waals surface area (Å²) in [5.41, 5.74) is 7.82. The van der Waals surface area contributed by atoms with E-state index in [0.717, 1.165) is 48.9 Å². The summed E-state index contributed by atoms with van der Waals surface area (Å²) in [5, 5.41) is 0. The minimum Gasteiger partial charge on any atom is -0.496 e. The van der Waals surface area contributed by atoms with Crippen molar-refractivity contribution < 1.29 is 4.74 Å². The van der Waals surface area contributed by atoms with Crippen molar-refractivity contribution in [2.75, 3.05) is 25.1 Å². The molecule has 1 saturated heterocycles. The molecule has 1 aliphatic rings. The molecule has 0 unspecified atom stereocenters. The van der Waals surface area contributed by atoms with E-state index in [1.807, 2.05) is 30.3 Å². The number of nitrogens with two attached hydrogens (primary N) is 1. The number of benzene rings is 1. The lowest BCUT2D eigenvalue weighted by Crippen LogP contribution is -2.40. The largest absolute Gasteiger partial charge is 0.496 e. The Morgan fingerprint density at radius 1 is 1.19 bits per heavy atom. The lowest BCUT2D eigenvalue weighted by molar-refractivity contribution is 0.416. The Bertz CT molecular complexity index is 609. The molecule has 1 fully saturated rings. The van der Waals surface area contributed by atoms with Crippen LogP contribution in [0.5, 0.6) is 5.75 Å². The van der Waals surface area contributed by atoms with Gasteiger partial charge in [0.25, 0.3) is 0 Å². The van der Waals surface area contributed by atoms with E-state index in [4.69, 9.17) is 15.5 Å². The van der Waals surface area contributed by atoms with Gasteiger partial charge in [-0.1, -0.05) is 12.1 Å². The maximum Gasteiger partial charge on any atom is 0.225 e. The van der Waals surface area contributed by atoms with Gasteiger partial charge in [0.05, 0.1) is 12.8 Å². The Morgan fingerprint density at radius 2 is 1.95 bits per heavy atom. The van der Waals surface area contributed by atoms with Crippen molar-refractivity contribution in [1.82, 2.24) is 9.97 Å². The number of hydrogen-bond donors (Lipinski definition) is 1. The molecule has 2 aromatic rings. The zero-order valence-corrected chi connectivity index (χ0v) is 12.2. The minimum atomic E-state index is 0.304. The van der Waals surface area contributed by atoms with Crippen molar-refractivity contribution in [2.45, 2.75) is 18.9 Å². The molecule has 0 spiro atoms. The molecule has 5 heteroatoms. The molecule has 21 heavy (non-hydrogen) atoms. The van der Waals surface area contributed by atoms with Gasteiger partial charge < -0.3 is 15.4 Å². The van der Waals surface area contributed by atoms with E-state index in [-0.39, 0.29) is 0 Å². The summed E-state index contributed by atoms with van der Waals surface area (Å²) in [6.45, 7) is 1.83. The molecule has 0 atom stereocenters. The maximum absolute atomic E-state index is 5.95. The quantitative estimate of drug-likeness (QED) is 0.935. The SMILES string of the molecule is COc1ccccc1-c1ccnc(N2CCC(N)CC2)n1. The van der Waals surface area contributed by atoms with Gasteiger partial charge >= 0.3 is 0 Å². The minimum absolute atomic E-state index is 0.304.